The quantitative estimate of drug-likeness (QED) is 0.582. The molecule has 6 heteroatoms. The van der Waals surface area contributed by atoms with Gasteiger partial charge < -0.3 is 15.7 Å². The summed E-state index contributed by atoms with van der Waals surface area (Å²) in [6.45, 7) is 1.75. The van der Waals surface area contributed by atoms with Crippen LogP contribution in [-0.4, -0.2) is 52.2 Å². The van der Waals surface area contributed by atoms with E-state index in [4.69, 9.17) is 10.8 Å². The first kappa shape index (κ1) is 9.26. The summed E-state index contributed by atoms with van der Waals surface area (Å²) in [7, 11) is 0. The highest BCUT2D eigenvalue weighted by molar-refractivity contribution is 5.91. The van der Waals surface area contributed by atoms with Gasteiger partial charge in [-0.3, -0.25) is 9.69 Å². The third-order valence-corrected chi connectivity index (χ3v) is 2.94. The average molecular weight is 199 g/mol. The highest BCUT2D eigenvalue weighted by Gasteiger charge is 2.52. The summed E-state index contributed by atoms with van der Waals surface area (Å²) >= 11 is 0. The maximum Gasteiger partial charge on any atom is 0.409 e. The van der Waals surface area contributed by atoms with Gasteiger partial charge in [0.2, 0.25) is 0 Å². The summed E-state index contributed by atoms with van der Waals surface area (Å²) in [6, 6.07) is 0. The number of carboxylic acid groups (broad SMARTS) is 1. The number of carbonyl (C=O) groups excluding carboxylic acids is 1. The fourth-order valence-electron chi connectivity index (χ4n) is 1.75. The third-order valence-electron chi connectivity index (χ3n) is 2.94. The Morgan fingerprint density at radius 3 is 2.21 bits per heavy atom. The number of nitrogens with two attached hydrogens (primary N) is 1. The molecule has 0 aromatic carbocycles. The average Bonchev–Trinajstić information content (AvgIpc) is 1.96. The van der Waals surface area contributed by atoms with Gasteiger partial charge in [0, 0.05) is 26.1 Å². The van der Waals surface area contributed by atoms with Crippen molar-refractivity contribution in [2.24, 2.45) is 5.73 Å². The molecule has 78 valence electrons. The maximum absolute atomic E-state index is 11.7. The molecule has 6 nitrogen and oxygen atoms in total. The molecular weight excluding hydrogens is 186 g/mol. The van der Waals surface area contributed by atoms with Gasteiger partial charge in [0.05, 0.1) is 0 Å². The molecule has 2 amide bonds. The van der Waals surface area contributed by atoms with E-state index in [1.807, 2.05) is 0 Å². The second-order valence-electron chi connectivity index (χ2n) is 3.75. The van der Waals surface area contributed by atoms with Crippen molar-refractivity contribution in [1.82, 2.24) is 9.80 Å². The first-order valence-corrected chi connectivity index (χ1v) is 4.64. The van der Waals surface area contributed by atoms with Crippen molar-refractivity contribution in [2.75, 3.05) is 19.6 Å². The molecule has 0 aromatic heterocycles. The molecule has 2 rings (SSSR count). The lowest BCUT2D eigenvalue weighted by atomic mass is 9.93. The minimum atomic E-state index is -1.29. The van der Waals surface area contributed by atoms with Gasteiger partial charge in [0.1, 0.15) is 0 Å². The zero-order chi connectivity index (χ0) is 10.3. The second kappa shape index (κ2) is 2.84. The van der Waals surface area contributed by atoms with Crippen molar-refractivity contribution < 1.29 is 14.7 Å². The van der Waals surface area contributed by atoms with Gasteiger partial charge in [0.25, 0.3) is 5.91 Å². The van der Waals surface area contributed by atoms with Crippen molar-refractivity contribution in [3.8, 4) is 0 Å². The van der Waals surface area contributed by atoms with Crippen LogP contribution in [0.25, 0.3) is 0 Å². The Bertz CT molecular complexity index is 290. The van der Waals surface area contributed by atoms with Gasteiger partial charge in [-0.25, -0.2) is 4.79 Å². The standard InChI is InChI=1S/C8H13N3O3/c9-8(2-5-11(8)7(13)14)6(12)10-3-1-4-10/h1-5,9H2,(H,13,14). The van der Waals surface area contributed by atoms with Crippen LogP contribution in [0.4, 0.5) is 4.79 Å². The number of likely N-dealkylation sites (tertiary alicyclic amines) is 2. The van der Waals surface area contributed by atoms with Gasteiger partial charge >= 0.3 is 6.09 Å². The first-order chi connectivity index (χ1) is 6.55. The van der Waals surface area contributed by atoms with Crippen molar-refractivity contribution >= 4 is 12.0 Å². The third kappa shape index (κ3) is 1.07. The number of hydrogen-bond donors (Lipinski definition) is 2. The molecule has 0 saturated carbocycles. The second-order valence-corrected chi connectivity index (χ2v) is 3.75. The van der Waals surface area contributed by atoms with E-state index >= 15 is 0 Å². The zero-order valence-electron chi connectivity index (χ0n) is 7.77. The number of nitrogens with zero attached hydrogens (tertiary/aromatic N) is 2. The van der Waals surface area contributed by atoms with Crippen molar-refractivity contribution in [3.63, 3.8) is 0 Å². The molecule has 14 heavy (non-hydrogen) atoms. The predicted molar refractivity (Wildman–Crippen MR) is 47.5 cm³/mol. The molecule has 2 aliphatic rings. The summed E-state index contributed by atoms with van der Waals surface area (Å²) in [5.41, 5.74) is 4.47. The lowest BCUT2D eigenvalue weighted by molar-refractivity contribution is -0.154. The minimum absolute atomic E-state index is 0.252. The molecule has 2 heterocycles. The van der Waals surface area contributed by atoms with Crippen LogP contribution < -0.4 is 5.73 Å². The van der Waals surface area contributed by atoms with Crippen LogP contribution in [0.3, 0.4) is 0 Å². The summed E-state index contributed by atoms with van der Waals surface area (Å²) in [4.78, 5) is 25.1. The first-order valence-electron chi connectivity index (χ1n) is 4.64. The number of amides is 2. The predicted octanol–water partition coefficient (Wildman–Crippen LogP) is -0.743. The SMILES string of the molecule is NC1(C(=O)N2CCC2)CCN1C(=O)O. The lowest BCUT2D eigenvalue weighted by Gasteiger charge is -2.50. The van der Waals surface area contributed by atoms with E-state index in [9.17, 15) is 9.59 Å². The molecule has 1 atom stereocenters. The summed E-state index contributed by atoms with van der Waals surface area (Å²) in [6.07, 6.45) is 0.288. The number of carbonyl (C=O) groups is 2. The Morgan fingerprint density at radius 2 is 1.93 bits per heavy atom. The fraction of sp³-hybridized carbons (Fsp3) is 0.750. The van der Waals surface area contributed by atoms with E-state index in [0.717, 1.165) is 11.3 Å². The Kier molecular flexibility index (Phi) is 1.88. The highest BCUT2D eigenvalue weighted by atomic mass is 16.4. The largest absolute Gasteiger partial charge is 0.465 e. The molecule has 0 radical (unpaired) electrons. The molecule has 0 aromatic rings. The fourth-order valence-corrected chi connectivity index (χ4v) is 1.75. The Balaban J connectivity index is 2.07. The van der Waals surface area contributed by atoms with Gasteiger partial charge in [0.15, 0.2) is 5.66 Å². The molecule has 0 aliphatic carbocycles. The Labute approximate surface area is 81.3 Å². The molecule has 2 fully saturated rings. The molecule has 0 bridgehead atoms. The smallest absolute Gasteiger partial charge is 0.409 e. The summed E-state index contributed by atoms with van der Waals surface area (Å²) in [5, 5.41) is 8.77. The van der Waals surface area contributed by atoms with Crippen LogP contribution >= 0.6 is 0 Å². The Hall–Kier alpha value is -1.30. The van der Waals surface area contributed by atoms with Crippen LogP contribution in [0.15, 0.2) is 0 Å². The van der Waals surface area contributed by atoms with E-state index in [-0.39, 0.29) is 5.91 Å². The monoisotopic (exact) mass is 199 g/mol. The Morgan fingerprint density at radius 1 is 1.29 bits per heavy atom. The number of hydrogen-bond acceptors (Lipinski definition) is 3. The van der Waals surface area contributed by atoms with E-state index in [2.05, 4.69) is 0 Å². The molecule has 0 spiro atoms. The van der Waals surface area contributed by atoms with E-state index in [0.29, 0.717) is 26.1 Å². The van der Waals surface area contributed by atoms with E-state index < -0.39 is 11.8 Å². The molecule has 3 N–H and O–H groups in total. The van der Waals surface area contributed by atoms with Gasteiger partial charge in [-0.15, -0.1) is 0 Å². The van der Waals surface area contributed by atoms with Crippen LogP contribution in [0.5, 0.6) is 0 Å². The van der Waals surface area contributed by atoms with Crippen LogP contribution in [0.1, 0.15) is 12.8 Å². The van der Waals surface area contributed by atoms with Crippen LogP contribution in [-0.2, 0) is 4.79 Å². The molecule has 2 aliphatic heterocycles. The minimum Gasteiger partial charge on any atom is -0.465 e. The van der Waals surface area contributed by atoms with Gasteiger partial charge in [-0.2, -0.15) is 0 Å². The van der Waals surface area contributed by atoms with Gasteiger partial charge in [-0.05, 0) is 6.42 Å². The molecule has 1 unspecified atom stereocenters. The topological polar surface area (TPSA) is 86.9 Å². The van der Waals surface area contributed by atoms with Gasteiger partial charge in [-0.1, -0.05) is 0 Å². The lowest BCUT2D eigenvalue weighted by Crippen LogP contribution is -2.75. The van der Waals surface area contributed by atoms with Crippen molar-refractivity contribution in [2.45, 2.75) is 18.5 Å². The molecule has 2 saturated heterocycles. The maximum atomic E-state index is 11.7. The molecular formula is C8H13N3O3. The van der Waals surface area contributed by atoms with Crippen molar-refractivity contribution in [3.05, 3.63) is 0 Å². The zero-order valence-corrected chi connectivity index (χ0v) is 7.77. The van der Waals surface area contributed by atoms with Crippen LogP contribution in [0.2, 0.25) is 0 Å². The van der Waals surface area contributed by atoms with Crippen LogP contribution in [0, 0.1) is 0 Å². The van der Waals surface area contributed by atoms with E-state index in [1.54, 1.807) is 4.90 Å². The summed E-state index contributed by atoms with van der Waals surface area (Å²) in [5.74, 6) is -0.252. The normalized spacial score (nSPS) is 30.6. The van der Waals surface area contributed by atoms with Crippen molar-refractivity contribution in [1.29, 1.82) is 0 Å². The summed E-state index contributed by atoms with van der Waals surface area (Å²) < 4.78 is 0. The van der Waals surface area contributed by atoms with E-state index in [1.165, 1.54) is 0 Å². The number of rotatable bonds is 1. The highest BCUT2D eigenvalue weighted by Crippen LogP contribution is 2.28.